The van der Waals surface area contributed by atoms with E-state index >= 15 is 0 Å². The van der Waals surface area contributed by atoms with Gasteiger partial charge < -0.3 is 39.9 Å². The first-order valence-corrected chi connectivity index (χ1v) is 24.1. The summed E-state index contributed by atoms with van der Waals surface area (Å²) in [6, 6.07) is 11.9. The van der Waals surface area contributed by atoms with Gasteiger partial charge in [0.15, 0.2) is 0 Å². The molecule has 2 aromatic carbocycles. The summed E-state index contributed by atoms with van der Waals surface area (Å²) in [6.45, 7) is 7.79. The van der Waals surface area contributed by atoms with E-state index in [1.54, 1.807) is 0 Å². The molecule has 2 aliphatic heterocycles. The number of benzene rings is 2. The maximum absolute atomic E-state index is 14.2. The molecule has 0 unspecified atom stereocenters. The van der Waals surface area contributed by atoms with Crippen molar-refractivity contribution in [2.24, 2.45) is 29.1 Å². The van der Waals surface area contributed by atoms with Crippen LogP contribution in [0.1, 0.15) is 127 Å². The van der Waals surface area contributed by atoms with Gasteiger partial charge in [0.1, 0.15) is 23.7 Å². The van der Waals surface area contributed by atoms with Crippen molar-refractivity contribution in [1.29, 1.82) is 0 Å². The Morgan fingerprint density at radius 3 is 1.62 bits per heavy atom. The van der Waals surface area contributed by atoms with Crippen LogP contribution in [0.2, 0.25) is 0 Å². The molecule has 8 atom stereocenters. The molecule has 2 saturated heterocycles. The van der Waals surface area contributed by atoms with Crippen molar-refractivity contribution in [2.75, 3.05) is 14.2 Å². The quantitative estimate of drug-likeness (QED) is 0.116. The number of alkyl carbamates (subject to hydrolysis) is 2. The number of rotatable bonds is 11. The number of nitrogens with zero attached hydrogens (tertiary/aromatic N) is 4. The van der Waals surface area contributed by atoms with Gasteiger partial charge in [0, 0.05) is 17.6 Å². The molecule has 10 rings (SSSR count). The van der Waals surface area contributed by atoms with Gasteiger partial charge in [-0.25, -0.2) is 19.6 Å². The van der Waals surface area contributed by atoms with Crippen molar-refractivity contribution in [2.45, 2.75) is 141 Å². The summed E-state index contributed by atoms with van der Waals surface area (Å²) in [7, 11) is 2.64. The molecule has 4 aromatic rings. The summed E-state index contributed by atoms with van der Waals surface area (Å²) in [6.07, 6.45) is 15.7. The summed E-state index contributed by atoms with van der Waals surface area (Å²) < 4.78 is 9.75. The van der Waals surface area contributed by atoms with Gasteiger partial charge in [-0.05, 0) is 121 Å². The lowest BCUT2D eigenvalue weighted by atomic mass is 9.82. The molecule has 4 bridgehead atoms. The predicted octanol–water partition coefficient (Wildman–Crippen LogP) is 8.66. The lowest BCUT2D eigenvalue weighted by Crippen LogP contribution is -2.54. The minimum absolute atomic E-state index is 0.0710. The zero-order valence-corrected chi connectivity index (χ0v) is 38.6. The number of carbonyl (C=O) groups excluding carboxylic acids is 4. The largest absolute Gasteiger partial charge is 0.453 e. The maximum atomic E-state index is 14.2. The third-order valence-corrected chi connectivity index (χ3v) is 16.2. The first kappa shape index (κ1) is 43.2. The topological polar surface area (TPSA) is 175 Å². The molecule has 2 aromatic heterocycles. The third-order valence-electron chi connectivity index (χ3n) is 16.2. The Labute approximate surface area is 381 Å². The number of hydrogen-bond donors (Lipinski definition) is 4. The molecule has 0 radical (unpaired) electrons. The highest BCUT2D eigenvalue weighted by Crippen LogP contribution is 2.55. The Balaban J connectivity index is 0.914. The van der Waals surface area contributed by atoms with Crippen molar-refractivity contribution >= 4 is 24.0 Å². The van der Waals surface area contributed by atoms with E-state index in [1.165, 1.54) is 67.7 Å². The lowest BCUT2D eigenvalue weighted by molar-refractivity contribution is -0.140. The summed E-state index contributed by atoms with van der Waals surface area (Å²) in [4.78, 5) is 74.1. The van der Waals surface area contributed by atoms with Gasteiger partial charge in [0.25, 0.3) is 0 Å². The van der Waals surface area contributed by atoms with Crippen molar-refractivity contribution in [3.63, 3.8) is 0 Å². The Bertz CT molecular complexity index is 2470. The average molecular weight is 885 g/mol. The number of imidazole rings is 2. The van der Waals surface area contributed by atoms with E-state index in [2.05, 4.69) is 57.0 Å². The van der Waals surface area contributed by atoms with Crippen molar-refractivity contribution in [3.8, 4) is 33.6 Å². The lowest BCUT2D eigenvalue weighted by Gasteiger charge is -2.37. The molecule has 1 spiro atoms. The minimum atomic E-state index is -0.681. The second-order valence-corrected chi connectivity index (χ2v) is 20.7. The van der Waals surface area contributed by atoms with Gasteiger partial charge in [-0.1, -0.05) is 76.9 Å². The molecule has 6 aliphatic rings. The fourth-order valence-corrected chi connectivity index (χ4v) is 13.0. The summed E-state index contributed by atoms with van der Waals surface area (Å²) in [5, 5.41) is 5.59. The Kier molecular flexibility index (Phi) is 11.3. The van der Waals surface area contributed by atoms with Crippen molar-refractivity contribution in [1.82, 2.24) is 40.4 Å². The highest BCUT2D eigenvalue weighted by molar-refractivity contribution is 5.88. The number of carbonyl (C=O) groups is 4. The van der Waals surface area contributed by atoms with Gasteiger partial charge in [0.05, 0.1) is 50.1 Å². The van der Waals surface area contributed by atoms with E-state index in [0.29, 0.717) is 11.8 Å². The first-order chi connectivity index (χ1) is 31.4. The second-order valence-electron chi connectivity index (χ2n) is 20.7. The number of amides is 4. The smallest absolute Gasteiger partial charge is 0.407 e. The number of aromatic amines is 2. The van der Waals surface area contributed by atoms with Gasteiger partial charge in [-0.15, -0.1) is 0 Å². The fraction of sp³-hybridized carbons (Fsp3) is 0.569. The van der Waals surface area contributed by atoms with E-state index in [1.807, 2.05) is 49.9 Å². The van der Waals surface area contributed by atoms with Crippen LogP contribution in [0.25, 0.3) is 33.6 Å². The molecule has 5 fully saturated rings. The SMILES string of the molecule is COC(=O)N[C@H](C(=O)N1[C@@H]2CC[C@@H](C2)[C@H]1c1ncc(-c2ccc(-c3ccc(-c4cnc([C@@H]5[C@H]6CC[C@H](C6)N5C(=O)[C@@H](NC(=O)OC)C(C)C)[nH]4)c4c3CC3(CCCC3)C4)cc2)[nH]1)C(C)C. The molecule has 14 heteroatoms. The van der Waals surface area contributed by atoms with Gasteiger partial charge in [-0.3, -0.25) is 9.59 Å². The predicted molar refractivity (Wildman–Crippen MR) is 245 cm³/mol. The van der Waals surface area contributed by atoms with Crippen LogP contribution in [0.3, 0.4) is 0 Å². The van der Waals surface area contributed by atoms with Crippen LogP contribution in [-0.4, -0.2) is 92.1 Å². The molecule has 4 N–H and O–H groups in total. The molecule has 344 valence electrons. The Hall–Kier alpha value is -5.66. The van der Waals surface area contributed by atoms with E-state index in [0.717, 1.165) is 80.0 Å². The molecular formula is C51H64N8O6. The van der Waals surface area contributed by atoms with E-state index in [9.17, 15) is 19.2 Å². The Morgan fingerprint density at radius 1 is 0.646 bits per heavy atom. The molecule has 14 nitrogen and oxygen atoms in total. The highest BCUT2D eigenvalue weighted by atomic mass is 16.5. The van der Waals surface area contributed by atoms with E-state index < -0.39 is 24.3 Å². The number of fused-ring (bicyclic) bond motifs is 5. The standard InChI is InChI=1S/C51H64N8O6/c1-27(2)41(56-49(62)64-5)47(60)58-33-15-13-31(21-33)43(58)45-52-25-39(54-45)30-11-9-29(10-12-30)35-17-18-36(38-24-51(23-37(35)38)19-7-8-20-51)40-26-53-46(55-40)44-32-14-16-34(22-32)59(44)48(61)42(28(3)4)57-50(63)65-6/h9-12,17-18,25-28,31-34,41-44H,7-8,13-16,19-24H2,1-6H3,(H,52,54)(H,53,55)(H,56,62)(H,57,63)/t31-,32-,33+,34+,41-,42-,43-,44-/m0/s1. The molecule has 65 heavy (non-hydrogen) atoms. The van der Waals surface area contributed by atoms with E-state index in [4.69, 9.17) is 19.4 Å². The van der Waals surface area contributed by atoms with Crippen LogP contribution >= 0.6 is 0 Å². The molecule has 3 saturated carbocycles. The monoisotopic (exact) mass is 884 g/mol. The molecule has 4 heterocycles. The summed E-state index contributed by atoms with van der Waals surface area (Å²) in [5.74, 6) is 1.88. The van der Waals surface area contributed by atoms with Crippen LogP contribution in [0, 0.1) is 29.1 Å². The number of aromatic nitrogens is 4. The zero-order valence-electron chi connectivity index (χ0n) is 38.6. The number of likely N-dealkylation sites (tertiary alicyclic amines) is 2. The van der Waals surface area contributed by atoms with Crippen molar-refractivity contribution in [3.05, 3.63) is 71.6 Å². The maximum Gasteiger partial charge on any atom is 0.407 e. The number of piperidine rings is 2. The van der Waals surface area contributed by atoms with Gasteiger partial charge in [-0.2, -0.15) is 0 Å². The minimum Gasteiger partial charge on any atom is -0.453 e. The van der Waals surface area contributed by atoms with Gasteiger partial charge in [0.2, 0.25) is 11.8 Å². The molecule has 4 amide bonds. The van der Waals surface area contributed by atoms with E-state index in [-0.39, 0.29) is 53.2 Å². The number of methoxy groups -OCH3 is 2. The zero-order chi connectivity index (χ0) is 45.3. The fourth-order valence-electron chi connectivity index (χ4n) is 13.0. The van der Waals surface area contributed by atoms with Gasteiger partial charge >= 0.3 is 12.2 Å². The third kappa shape index (κ3) is 7.58. The summed E-state index contributed by atoms with van der Waals surface area (Å²) >= 11 is 0. The van der Waals surface area contributed by atoms with Crippen LogP contribution in [-0.2, 0) is 31.9 Å². The number of hydrogen-bond acceptors (Lipinski definition) is 8. The molecule has 4 aliphatic carbocycles. The van der Waals surface area contributed by atoms with Crippen LogP contribution in [0.4, 0.5) is 9.59 Å². The summed E-state index contributed by atoms with van der Waals surface area (Å²) in [5.41, 5.74) is 9.65. The first-order valence-electron chi connectivity index (χ1n) is 24.1. The van der Waals surface area contributed by atoms with Crippen molar-refractivity contribution < 1.29 is 28.7 Å². The number of H-pyrrole nitrogens is 2. The molecular weight excluding hydrogens is 821 g/mol. The normalized spacial score (nSPS) is 25.7. The van der Waals surface area contributed by atoms with Crippen LogP contribution in [0.15, 0.2) is 48.8 Å². The number of ether oxygens (including phenoxy) is 2. The Morgan fingerprint density at radius 2 is 1.11 bits per heavy atom. The highest BCUT2D eigenvalue weighted by Gasteiger charge is 2.53. The van der Waals surface area contributed by atoms with Crippen LogP contribution < -0.4 is 10.6 Å². The average Bonchev–Trinajstić information content (AvgIpc) is 4.17. The number of nitrogens with one attached hydrogen (secondary N) is 4. The van der Waals surface area contributed by atoms with Crippen LogP contribution in [0.5, 0.6) is 0 Å². The second kappa shape index (κ2) is 17.0.